The van der Waals surface area contributed by atoms with Crippen LogP contribution in [0.4, 0.5) is 0 Å². The van der Waals surface area contributed by atoms with Crippen LogP contribution in [0.3, 0.4) is 0 Å². The van der Waals surface area contributed by atoms with Gasteiger partial charge in [0.1, 0.15) is 0 Å². The minimum absolute atomic E-state index is 0.0143. The molecule has 2 amide bonds. The Labute approximate surface area is 130 Å². The summed E-state index contributed by atoms with van der Waals surface area (Å²) >= 11 is 0. The van der Waals surface area contributed by atoms with Crippen LogP contribution in [0.5, 0.6) is 0 Å². The minimum atomic E-state index is -0.183. The molecule has 0 aliphatic carbocycles. The van der Waals surface area contributed by atoms with Gasteiger partial charge in [0.2, 0.25) is 11.8 Å². The Bertz CT molecular complexity index is 541. The zero-order chi connectivity index (χ0) is 15.6. The number of rotatable bonds is 7. The third-order valence-electron chi connectivity index (χ3n) is 3.26. The standard InChI is InChI=1S/C18H20N2O2/c21-17(12-11-15-7-3-1-4-8-15)20-14-18(22)19-13-16-9-5-2-6-10-16/h1-10H,11-14H2,(H,19,22)(H,20,21). The average Bonchev–Trinajstić information content (AvgIpc) is 2.58. The van der Waals surface area contributed by atoms with Gasteiger partial charge in [-0.25, -0.2) is 0 Å². The Morgan fingerprint density at radius 3 is 1.95 bits per heavy atom. The Kier molecular flexibility index (Phi) is 6.18. The minimum Gasteiger partial charge on any atom is -0.350 e. The van der Waals surface area contributed by atoms with Gasteiger partial charge in [0.05, 0.1) is 6.54 Å². The lowest BCUT2D eigenvalue weighted by molar-refractivity contribution is -0.126. The summed E-state index contributed by atoms with van der Waals surface area (Å²) in [6.07, 6.45) is 1.06. The first-order valence-corrected chi connectivity index (χ1v) is 7.35. The maximum Gasteiger partial charge on any atom is 0.239 e. The second kappa shape index (κ2) is 8.62. The highest BCUT2D eigenvalue weighted by Crippen LogP contribution is 2.02. The van der Waals surface area contributed by atoms with Gasteiger partial charge < -0.3 is 10.6 Å². The summed E-state index contributed by atoms with van der Waals surface area (Å²) in [7, 11) is 0. The third-order valence-corrected chi connectivity index (χ3v) is 3.26. The Morgan fingerprint density at radius 2 is 1.32 bits per heavy atom. The number of aryl methyl sites for hydroxylation is 1. The van der Waals surface area contributed by atoms with Gasteiger partial charge in [0.15, 0.2) is 0 Å². The molecule has 0 saturated heterocycles. The molecule has 0 heterocycles. The van der Waals surface area contributed by atoms with Gasteiger partial charge in [-0.1, -0.05) is 60.7 Å². The fourth-order valence-corrected chi connectivity index (χ4v) is 2.03. The van der Waals surface area contributed by atoms with Gasteiger partial charge in [-0.3, -0.25) is 9.59 Å². The van der Waals surface area contributed by atoms with E-state index in [1.165, 1.54) is 0 Å². The van der Waals surface area contributed by atoms with Crippen molar-refractivity contribution in [2.75, 3.05) is 6.54 Å². The molecule has 0 fully saturated rings. The molecular formula is C18H20N2O2. The summed E-state index contributed by atoms with van der Waals surface area (Å²) in [5, 5.41) is 5.41. The summed E-state index contributed by atoms with van der Waals surface area (Å²) in [6.45, 7) is 0.486. The van der Waals surface area contributed by atoms with Gasteiger partial charge in [-0.15, -0.1) is 0 Å². The largest absolute Gasteiger partial charge is 0.350 e. The highest BCUT2D eigenvalue weighted by atomic mass is 16.2. The fourth-order valence-electron chi connectivity index (χ4n) is 2.03. The second-order valence-corrected chi connectivity index (χ2v) is 5.02. The predicted octanol–water partition coefficient (Wildman–Crippen LogP) is 2.05. The molecular weight excluding hydrogens is 276 g/mol. The summed E-state index contributed by atoms with van der Waals surface area (Å²) in [5.74, 6) is -0.296. The van der Waals surface area contributed by atoms with Crippen LogP contribution >= 0.6 is 0 Å². The summed E-state index contributed by atoms with van der Waals surface area (Å²) < 4.78 is 0. The molecule has 0 radical (unpaired) electrons. The first-order chi connectivity index (χ1) is 10.7. The number of hydrogen-bond donors (Lipinski definition) is 2. The van der Waals surface area contributed by atoms with Crippen LogP contribution in [0.1, 0.15) is 17.5 Å². The average molecular weight is 296 g/mol. The molecule has 2 N–H and O–H groups in total. The molecule has 4 heteroatoms. The number of nitrogens with one attached hydrogen (secondary N) is 2. The van der Waals surface area contributed by atoms with E-state index in [0.717, 1.165) is 11.1 Å². The Morgan fingerprint density at radius 1 is 0.727 bits per heavy atom. The van der Waals surface area contributed by atoms with E-state index >= 15 is 0 Å². The van der Waals surface area contributed by atoms with Crippen molar-refractivity contribution in [1.82, 2.24) is 10.6 Å². The molecule has 0 spiro atoms. The topological polar surface area (TPSA) is 58.2 Å². The molecule has 0 bridgehead atoms. The second-order valence-electron chi connectivity index (χ2n) is 5.02. The van der Waals surface area contributed by atoms with Gasteiger partial charge in [0, 0.05) is 13.0 Å². The predicted molar refractivity (Wildman–Crippen MR) is 86.1 cm³/mol. The fraction of sp³-hybridized carbons (Fsp3) is 0.222. The molecule has 0 aliphatic heterocycles. The Hall–Kier alpha value is -2.62. The summed E-state index contributed by atoms with van der Waals surface area (Å²) in [6, 6.07) is 19.5. The lowest BCUT2D eigenvalue weighted by Crippen LogP contribution is -2.36. The van der Waals surface area contributed by atoms with E-state index in [-0.39, 0.29) is 18.4 Å². The number of hydrogen-bond acceptors (Lipinski definition) is 2. The lowest BCUT2D eigenvalue weighted by Gasteiger charge is -2.07. The summed E-state index contributed by atoms with van der Waals surface area (Å²) in [5.41, 5.74) is 2.15. The van der Waals surface area contributed by atoms with Crippen molar-refractivity contribution in [2.45, 2.75) is 19.4 Å². The van der Waals surface area contributed by atoms with Crippen LogP contribution in [0.2, 0.25) is 0 Å². The van der Waals surface area contributed by atoms with E-state index in [2.05, 4.69) is 10.6 Å². The highest BCUT2D eigenvalue weighted by molar-refractivity contribution is 5.84. The first kappa shape index (κ1) is 15.8. The lowest BCUT2D eigenvalue weighted by atomic mass is 10.1. The number of carbonyl (C=O) groups is 2. The van der Waals surface area contributed by atoms with Crippen LogP contribution in [0.15, 0.2) is 60.7 Å². The quantitative estimate of drug-likeness (QED) is 0.821. The zero-order valence-electron chi connectivity index (χ0n) is 12.4. The first-order valence-electron chi connectivity index (χ1n) is 7.35. The molecule has 0 atom stereocenters. The Balaban J connectivity index is 1.62. The van der Waals surface area contributed by atoms with Gasteiger partial charge in [-0.05, 0) is 17.5 Å². The van der Waals surface area contributed by atoms with Crippen molar-refractivity contribution in [3.8, 4) is 0 Å². The van der Waals surface area contributed by atoms with E-state index in [1.807, 2.05) is 60.7 Å². The van der Waals surface area contributed by atoms with Gasteiger partial charge in [0.25, 0.3) is 0 Å². The highest BCUT2D eigenvalue weighted by Gasteiger charge is 2.05. The van der Waals surface area contributed by atoms with Gasteiger partial charge >= 0.3 is 0 Å². The van der Waals surface area contributed by atoms with Crippen molar-refractivity contribution in [3.05, 3.63) is 71.8 Å². The molecule has 22 heavy (non-hydrogen) atoms. The van der Waals surface area contributed by atoms with Crippen LogP contribution in [0.25, 0.3) is 0 Å². The molecule has 2 aromatic rings. The smallest absolute Gasteiger partial charge is 0.239 e. The van der Waals surface area contributed by atoms with Crippen LogP contribution in [0, 0.1) is 0 Å². The molecule has 4 nitrogen and oxygen atoms in total. The van der Waals surface area contributed by atoms with E-state index in [4.69, 9.17) is 0 Å². The number of amides is 2. The van der Waals surface area contributed by atoms with Crippen LogP contribution in [-0.2, 0) is 22.6 Å². The molecule has 0 aliphatic rings. The molecule has 0 saturated carbocycles. The van der Waals surface area contributed by atoms with Crippen molar-refractivity contribution < 1.29 is 9.59 Å². The maximum atomic E-state index is 11.7. The van der Waals surface area contributed by atoms with E-state index in [0.29, 0.717) is 19.4 Å². The monoisotopic (exact) mass is 296 g/mol. The van der Waals surface area contributed by atoms with Crippen molar-refractivity contribution in [1.29, 1.82) is 0 Å². The molecule has 0 aromatic heterocycles. The van der Waals surface area contributed by atoms with E-state index < -0.39 is 0 Å². The van der Waals surface area contributed by atoms with Crippen molar-refractivity contribution >= 4 is 11.8 Å². The van der Waals surface area contributed by atoms with Crippen LogP contribution in [-0.4, -0.2) is 18.4 Å². The molecule has 2 rings (SSSR count). The molecule has 0 unspecified atom stereocenters. The zero-order valence-corrected chi connectivity index (χ0v) is 12.4. The summed E-state index contributed by atoms with van der Waals surface area (Å²) in [4.78, 5) is 23.4. The van der Waals surface area contributed by atoms with Gasteiger partial charge in [-0.2, -0.15) is 0 Å². The van der Waals surface area contributed by atoms with E-state index in [9.17, 15) is 9.59 Å². The SMILES string of the molecule is O=C(CCc1ccccc1)NCC(=O)NCc1ccccc1. The normalized spacial score (nSPS) is 10.0. The number of carbonyl (C=O) groups excluding carboxylic acids is 2. The van der Waals surface area contributed by atoms with Crippen LogP contribution < -0.4 is 10.6 Å². The molecule has 114 valence electrons. The van der Waals surface area contributed by atoms with E-state index in [1.54, 1.807) is 0 Å². The number of benzene rings is 2. The van der Waals surface area contributed by atoms with Crippen molar-refractivity contribution in [2.24, 2.45) is 0 Å². The maximum absolute atomic E-state index is 11.7. The third kappa shape index (κ3) is 5.79. The van der Waals surface area contributed by atoms with Crippen molar-refractivity contribution in [3.63, 3.8) is 0 Å². The molecule has 2 aromatic carbocycles.